The SMILES string of the molecule is CCCCCCCCCCCCCC(=O)O[C@@H]1[C@@H](C)[C@@]2(O)[C@@H](C=C(CO)C[C@]3(O)C(=O)C(C)=C[C@@H]23)C2C(C)(C)C21OC(C)=O. The lowest BCUT2D eigenvalue weighted by atomic mass is 9.59. The van der Waals surface area contributed by atoms with Gasteiger partial charge in [-0.3, -0.25) is 14.4 Å². The molecule has 4 rings (SSSR count). The molecule has 2 fully saturated rings. The Morgan fingerprint density at radius 2 is 1.52 bits per heavy atom. The summed E-state index contributed by atoms with van der Waals surface area (Å²) < 4.78 is 12.3. The molecule has 0 saturated heterocycles. The average Bonchev–Trinajstić information content (AvgIpc) is 3.38. The number of ether oxygens (including phenoxy) is 2. The molecule has 0 spiro atoms. The second-order valence-electron chi connectivity index (χ2n) is 14.7. The zero-order valence-electron chi connectivity index (χ0n) is 27.8. The van der Waals surface area contributed by atoms with Gasteiger partial charge in [0.1, 0.15) is 11.7 Å². The Hall–Kier alpha value is -2.03. The second-order valence-corrected chi connectivity index (χ2v) is 14.7. The number of Topliss-reactive ketones (excluding diaryl/α,β-unsaturated/α-hetero) is 1. The summed E-state index contributed by atoms with van der Waals surface area (Å²) in [5.41, 5.74) is -4.71. The minimum atomic E-state index is -1.93. The normalized spacial score (nSPS) is 36.8. The number of rotatable bonds is 15. The Bertz CT molecular complexity index is 1150. The first-order chi connectivity index (χ1) is 20.7. The number of hydrogen-bond donors (Lipinski definition) is 3. The maximum absolute atomic E-state index is 13.3. The molecular weight excluding hydrogens is 560 g/mol. The molecule has 0 aromatic heterocycles. The first kappa shape index (κ1) is 34.8. The van der Waals surface area contributed by atoms with Crippen LogP contribution in [0, 0.1) is 29.1 Å². The van der Waals surface area contributed by atoms with E-state index in [1.54, 1.807) is 26.0 Å². The van der Waals surface area contributed by atoms with Gasteiger partial charge in [-0.1, -0.05) is 104 Å². The maximum atomic E-state index is 13.3. The molecule has 0 aromatic carbocycles. The average molecular weight is 617 g/mol. The quantitative estimate of drug-likeness (QED) is 0.120. The van der Waals surface area contributed by atoms with Gasteiger partial charge in [0.25, 0.3) is 0 Å². The highest BCUT2D eigenvalue weighted by molar-refractivity contribution is 6.04. The molecule has 4 aliphatic carbocycles. The van der Waals surface area contributed by atoms with E-state index in [1.165, 1.54) is 51.9 Å². The van der Waals surface area contributed by atoms with E-state index >= 15 is 0 Å². The van der Waals surface area contributed by atoms with E-state index in [9.17, 15) is 29.7 Å². The smallest absolute Gasteiger partial charge is 0.306 e. The number of carbonyl (C=O) groups is 3. The molecule has 8 atom stereocenters. The summed E-state index contributed by atoms with van der Waals surface area (Å²) in [4.78, 5) is 39.1. The van der Waals surface area contributed by atoms with Crippen molar-refractivity contribution in [1.82, 2.24) is 0 Å². The van der Waals surface area contributed by atoms with E-state index in [4.69, 9.17) is 9.47 Å². The Morgan fingerprint density at radius 1 is 0.955 bits per heavy atom. The van der Waals surface area contributed by atoms with Crippen molar-refractivity contribution in [2.75, 3.05) is 6.61 Å². The van der Waals surface area contributed by atoms with Crippen molar-refractivity contribution in [1.29, 1.82) is 0 Å². The Morgan fingerprint density at radius 3 is 2.07 bits per heavy atom. The monoisotopic (exact) mass is 616 g/mol. The fourth-order valence-corrected chi connectivity index (χ4v) is 9.20. The van der Waals surface area contributed by atoms with Crippen LogP contribution in [0.25, 0.3) is 0 Å². The number of aliphatic hydroxyl groups is 3. The number of aliphatic hydroxyl groups excluding tert-OH is 1. The van der Waals surface area contributed by atoms with Crippen molar-refractivity contribution >= 4 is 17.7 Å². The summed E-state index contributed by atoms with van der Waals surface area (Å²) in [5, 5.41) is 34.8. The lowest BCUT2D eigenvalue weighted by Gasteiger charge is -2.53. The van der Waals surface area contributed by atoms with E-state index in [1.807, 2.05) is 13.8 Å². The number of fused-ring (bicyclic) bond motifs is 5. The number of hydrogen-bond acceptors (Lipinski definition) is 8. The summed E-state index contributed by atoms with van der Waals surface area (Å²) >= 11 is 0. The predicted octanol–water partition coefficient (Wildman–Crippen LogP) is 5.75. The Labute approximate surface area is 263 Å². The third-order valence-corrected chi connectivity index (χ3v) is 11.5. The fraction of sp³-hybridized carbons (Fsp3) is 0.806. The summed E-state index contributed by atoms with van der Waals surface area (Å²) in [5.74, 6) is -4.29. The van der Waals surface area contributed by atoms with Crippen LogP contribution in [0.2, 0.25) is 0 Å². The summed E-state index contributed by atoms with van der Waals surface area (Å²) in [6, 6.07) is 0. The molecular formula is C36H56O8. The number of esters is 2. The van der Waals surface area contributed by atoms with Crippen LogP contribution in [0.3, 0.4) is 0 Å². The topological polar surface area (TPSA) is 130 Å². The van der Waals surface area contributed by atoms with Crippen LogP contribution in [0.4, 0.5) is 0 Å². The predicted molar refractivity (Wildman–Crippen MR) is 167 cm³/mol. The van der Waals surface area contributed by atoms with Crippen molar-refractivity contribution in [2.45, 2.75) is 148 Å². The zero-order valence-corrected chi connectivity index (χ0v) is 27.8. The lowest BCUT2D eigenvalue weighted by Crippen LogP contribution is -2.66. The highest BCUT2D eigenvalue weighted by Crippen LogP contribution is 2.77. The summed E-state index contributed by atoms with van der Waals surface area (Å²) in [6.45, 7) is 10.4. The van der Waals surface area contributed by atoms with Gasteiger partial charge in [-0.25, -0.2) is 0 Å². The van der Waals surface area contributed by atoms with E-state index in [-0.39, 0.29) is 19.4 Å². The van der Waals surface area contributed by atoms with Gasteiger partial charge < -0.3 is 24.8 Å². The number of carbonyl (C=O) groups excluding carboxylic acids is 3. The molecule has 0 heterocycles. The molecule has 0 amide bonds. The van der Waals surface area contributed by atoms with Crippen molar-refractivity contribution in [3.63, 3.8) is 0 Å². The van der Waals surface area contributed by atoms with Crippen LogP contribution >= 0.6 is 0 Å². The van der Waals surface area contributed by atoms with Crippen LogP contribution in [0.1, 0.15) is 125 Å². The van der Waals surface area contributed by atoms with Crippen LogP contribution in [0.15, 0.2) is 23.3 Å². The van der Waals surface area contributed by atoms with Gasteiger partial charge in [-0.2, -0.15) is 0 Å². The van der Waals surface area contributed by atoms with Gasteiger partial charge in [0.05, 0.1) is 12.2 Å². The highest BCUT2D eigenvalue weighted by atomic mass is 16.6. The van der Waals surface area contributed by atoms with E-state index in [0.717, 1.165) is 19.3 Å². The van der Waals surface area contributed by atoms with Gasteiger partial charge in [0, 0.05) is 48.9 Å². The molecule has 4 aliphatic rings. The lowest BCUT2D eigenvalue weighted by molar-refractivity contribution is -0.228. The summed E-state index contributed by atoms with van der Waals surface area (Å²) in [6.07, 6.45) is 15.4. The third-order valence-electron chi connectivity index (χ3n) is 11.5. The van der Waals surface area contributed by atoms with Crippen molar-refractivity contribution in [2.24, 2.45) is 29.1 Å². The minimum Gasteiger partial charge on any atom is -0.458 e. The van der Waals surface area contributed by atoms with Crippen LogP contribution in [0.5, 0.6) is 0 Å². The molecule has 8 heteroatoms. The molecule has 3 N–H and O–H groups in total. The number of ketones is 1. The van der Waals surface area contributed by atoms with Crippen LogP contribution in [-0.4, -0.2) is 62.6 Å². The van der Waals surface area contributed by atoms with E-state index in [2.05, 4.69) is 6.92 Å². The fourth-order valence-electron chi connectivity index (χ4n) is 9.20. The standard InChI is InChI=1S/C36H56O8/c1-7-8-9-10-11-12-13-14-15-16-17-18-29(39)43-32-24(3)35(42)27(30-33(5,6)36(30,32)44-25(4)38)20-26(22-37)21-34(41)28(35)19-23(2)31(34)40/h19-20,24,27-28,30,32,37,41-42H,7-18,21-22H2,1-6H3/t24-,27+,28-,30?,32-,34-,35-,36?/m1/s1. The molecule has 2 saturated carbocycles. The van der Waals surface area contributed by atoms with Crippen LogP contribution < -0.4 is 0 Å². The first-order valence-electron chi connectivity index (χ1n) is 17.1. The Kier molecular flexibility index (Phi) is 10.6. The number of unbranched alkanes of at least 4 members (excludes halogenated alkanes) is 10. The molecule has 8 nitrogen and oxygen atoms in total. The van der Waals surface area contributed by atoms with Gasteiger partial charge in [0.2, 0.25) is 0 Å². The highest BCUT2D eigenvalue weighted by Gasteiger charge is 2.87. The molecule has 2 unspecified atom stereocenters. The molecule has 248 valence electrons. The largest absolute Gasteiger partial charge is 0.458 e. The van der Waals surface area contributed by atoms with Crippen molar-refractivity contribution in [3.05, 3.63) is 23.3 Å². The Balaban J connectivity index is 1.51. The maximum Gasteiger partial charge on any atom is 0.306 e. The van der Waals surface area contributed by atoms with Gasteiger partial charge in [0.15, 0.2) is 11.4 Å². The zero-order chi connectivity index (χ0) is 32.5. The third kappa shape index (κ3) is 5.84. The molecule has 0 bridgehead atoms. The molecule has 44 heavy (non-hydrogen) atoms. The van der Waals surface area contributed by atoms with E-state index in [0.29, 0.717) is 17.6 Å². The first-order valence-corrected chi connectivity index (χ1v) is 17.1. The van der Waals surface area contributed by atoms with Gasteiger partial charge >= 0.3 is 11.9 Å². The van der Waals surface area contributed by atoms with E-state index < -0.39 is 69.7 Å². The minimum absolute atomic E-state index is 0.108. The van der Waals surface area contributed by atoms with Gasteiger partial charge in [-0.05, 0) is 24.5 Å². The van der Waals surface area contributed by atoms with Crippen LogP contribution in [-0.2, 0) is 23.9 Å². The molecule has 0 aliphatic heterocycles. The van der Waals surface area contributed by atoms with Crippen molar-refractivity contribution in [3.8, 4) is 0 Å². The summed E-state index contributed by atoms with van der Waals surface area (Å²) in [7, 11) is 0. The second kappa shape index (κ2) is 13.4. The van der Waals surface area contributed by atoms with Gasteiger partial charge in [-0.15, -0.1) is 0 Å². The van der Waals surface area contributed by atoms with Crippen molar-refractivity contribution < 1.29 is 39.2 Å². The molecule has 0 radical (unpaired) electrons. The molecule has 0 aromatic rings.